The molecule has 0 aliphatic carbocycles. The third kappa shape index (κ3) is 3.98. The van der Waals surface area contributed by atoms with Crippen LogP contribution < -0.4 is 0 Å². The summed E-state index contributed by atoms with van der Waals surface area (Å²) >= 11 is 4.27. The van der Waals surface area contributed by atoms with Crippen molar-refractivity contribution in [3.05, 3.63) is 34.6 Å². The van der Waals surface area contributed by atoms with Crippen molar-refractivity contribution in [1.29, 1.82) is 0 Å². The van der Waals surface area contributed by atoms with E-state index in [0.29, 0.717) is 16.3 Å². The topological polar surface area (TPSA) is 35.4 Å². The molecule has 0 heterocycles. The second-order valence-electron chi connectivity index (χ2n) is 4.66. The van der Waals surface area contributed by atoms with E-state index < -0.39 is 21.9 Å². The minimum atomic E-state index is -1.39. The van der Waals surface area contributed by atoms with Crippen LogP contribution in [0.25, 0.3) is 0 Å². The first-order valence-corrected chi connectivity index (χ1v) is 6.63. The summed E-state index contributed by atoms with van der Waals surface area (Å²) in [7, 11) is 0. The van der Waals surface area contributed by atoms with Crippen LogP contribution in [0.15, 0.2) is 22.6 Å². The molecule has 0 saturated carbocycles. The maximum atomic E-state index is 13.6. The molecule has 1 unspecified atom stereocenters. The van der Waals surface area contributed by atoms with E-state index in [4.69, 9.17) is 11.6 Å². The Morgan fingerprint density at radius 1 is 1.41 bits per heavy atom. The van der Waals surface area contributed by atoms with Gasteiger partial charge in [0.25, 0.3) is 0 Å². The summed E-state index contributed by atoms with van der Waals surface area (Å²) in [6, 6.07) is 4.34. The lowest BCUT2D eigenvalue weighted by Gasteiger charge is -2.18. The summed E-state index contributed by atoms with van der Waals surface area (Å²) in [5.74, 6) is -0.454. The lowest BCUT2D eigenvalue weighted by atomic mass is 10.1. The smallest absolute Gasteiger partial charge is 0.144 e. The predicted octanol–water partition coefficient (Wildman–Crippen LogP) is 3.75. The summed E-state index contributed by atoms with van der Waals surface area (Å²) in [6.45, 7) is 7.09. The molecule has 0 spiro atoms. The van der Waals surface area contributed by atoms with Gasteiger partial charge in [-0.05, 0) is 45.9 Å². The third-order valence-electron chi connectivity index (χ3n) is 2.06. The Hall–Kier alpha value is -0.580. The third-order valence-corrected chi connectivity index (χ3v) is 3.79. The Balaban J connectivity index is 3.04. The SMILES string of the molecule is C/C(=N/[S+]([O-])C(C)(C)C)c1ccc(Cl)cc1F. The van der Waals surface area contributed by atoms with Crippen LogP contribution in [0.2, 0.25) is 5.02 Å². The Kier molecular flexibility index (Phi) is 4.58. The van der Waals surface area contributed by atoms with Crippen molar-refractivity contribution < 1.29 is 8.94 Å². The second kappa shape index (κ2) is 5.38. The standard InChI is InChI=1S/C12H15ClFNOS/c1-8(15-17(16)12(2,3)4)10-6-5-9(13)7-11(10)14/h5-7H,1-4H3/b15-8-. The van der Waals surface area contributed by atoms with Gasteiger partial charge in [-0.1, -0.05) is 16.0 Å². The first-order chi connectivity index (χ1) is 7.71. The van der Waals surface area contributed by atoms with Crippen LogP contribution in [-0.4, -0.2) is 15.0 Å². The van der Waals surface area contributed by atoms with Gasteiger partial charge < -0.3 is 4.55 Å². The van der Waals surface area contributed by atoms with Gasteiger partial charge in [0.2, 0.25) is 0 Å². The highest BCUT2D eigenvalue weighted by molar-refractivity contribution is 7.91. The Bertz CT molecular complexity index is 443. The Labute approximate surface area is 109 Å². The van der Waals surface area contributed by atoms with Crippen LogP contribution in [0, 0.1) is 5.82 Å². The average Bonchev–Trinajstić information content (AvgIpc) is 2.15. The molecule has 1 atom stereocenters. The van der Waals surface area contributed by atoms with Crippen molar-refractivity contribution in [3.63, 3.8) is 0 Å². The highest BCUT2D eigenvalue weighted by atomic mass is 35.5. The highest BCUT2D eigenvalue weighted by Gasteiger charge is 2.27. The fraction of sp³-hybridized carbons (Fsp3) is 0.417. The van der Waals surface area contributed by atoms with Gasteiger partial charge in [0.1, 0.15) is 21.9 Å². The van der Waals surface area contributed by atoms with E-state index in [9.17, 15) is 8.94 Å². The average molecular weight is 276 g/mol. The predicted molar refractivity (Wildman–Crippen MR) is 71.5 cm³/mol. The summed E-state index contributed by atoms with van der Waals surface area (Å²) < 4.78 is 28.9. The van der Waals surface area contributed by atoms with E-state index in [1.807, 2.05) is 20.8 Å². The Morgan fingerprint density at radius 2 is 2.00 bits per heavy atom. The van der Waals surface area contributed by atoms with E-state index in [1.165, 1.54) is 12.1 Å². The molecule has 0 fully saturated rings. The Morgan fingerprint density at radius 3 is 2.47 bits per heavy atom. The van der Waals surface area contributed by atoms with Crippen molar-refractivity contribution in [1.82, 2.24) is 0 Å². The van der Waals surface area contributed by atoms with Crippen LogP contribution in [0.3, 0.4) is 0 Å². The minimum absolute atomic E-state index is 0.326. The normalized spacial score (nSPS) is 14.9. The molecule has 0 bridgehead atoms. The van der Waals surface area contributed by atoms with Crippen molar-refractivity contribution in [3.8, 4) is 0 Å². The first-order valence-electron chi connectivity index (χ1n) is 5.14. The van der Waals surface area contributed by atoms with Crippen LogP contribution in [0.5, 0.6) is 0 Å². The number of halogens is 2. The molecule has 5 heteroatoms. The number of rotatable bonds is 2. The van der Waals surface area contributed by atoms with Gasteiger partial charge in [0, 0.05) is 10.6 Å². The fourth-order valence-corrected chi connectivity index (χ4v) is 1.87. The second-order valence-corrected chi connectivity index (χ2v) is 7.00. The zero-order valence-corrected chi connectivity index (χ0v) is 11.8. The van der Waals surface area contributed by atoms with Gasteiger partial charge in [-0.2, -0.15) is 0 Å². The minimum Gasteiger partial charge on any atom is -0.591 e. The van der Waals surface area contributed by atoms with Gasteiger partial charge in [-0.25, -0.2) is 4.39 Å². The molecule has 94 valence electrons. The zero-order valence-electron chi connectivity index (χ0n) is 10.3. The molecule has 0 aromatic heterocycles. The van der Waals surface area contributed by atoms with Crippen LogP contribution in [0.4, 0.5) is 4.39 Å². The fourth-order valence-electron chi connectivity index (χ4n) is 1.09. The van der Waals surface area contributed by atoms with Gasteiger partial charge in [0.15, 0.2) is 0 Å². The molecule has 0 radical (unpaired) electrons. The summed E-state index contributed by atoms with van der Waals surface area (Å²) in [4.78, 5) is 0. The van der Waals surface area contributed by atoms with E-state index in [0.717, 1.165) is 0 Å². The maximum absolute atomic E-state index is 13.6. The van der Waals surface area contributed by atoms with Gasteiger partial charge in [-0.3, -0.25) is 0 Å². The van der Waals surface area contributed by atoms with Crippen molar-refractivity contribution >= 4 is 28.7 Å². The number of benzene rings is 1. The molecular weight excluding hydrogens is 261 g/mol. The van der Waals surface area contributed by atoms with E-state index >= 15 is 0 Å². The molecule has 0 amide bonds. The van der Waals surface area contributed by atoms with Crippen LogP contribution >= 0.6 is 11.6 Å². The van der Waals surface area contributed by atoms with Crippen molar-refractivity contribution in [2.75, 3.05) is 0 Å². The molecule has 1 rings (SSSR count). The first kappa shape index (κ1) is 14.5. The lowest BCUT2D eigenvalue weighted by molar-refractivity contribution is 0.561. The van der Waals surface area contributed by atoms with Crippen molar-refractivity contribution in [2.45, 2.75) is 32.4 Å². The molecule has 0 N–H and O–H groups in total. The van der Waals surface area contributed by atoms with Crippen LogP contribution in [-0.2, 0) is 11.4 Å². The van der Waals surface area contributed by atoms with Gasteiger partial charge in [0.05, 0.1) is 5.71 Å². The van der Waals surface area contributed by atoms with Crippen molar-refractivity contribution in [2.24, 2.45) is 4.40 Å². The van der Waals surface area contributed by atoms with Gasteiger partial charge >= 0.3 is 0 Å². The van der Waals surface area contributed by atoms with E-state index in [-0.39, 0.29) is 0 Å². The number of nitrogens with zero attached hydrogens (tertiary/aromatic N) is 1. The molecule has 2 nitrogen and oxygen atoms in total. The monoisotopic (exact) mass is 275 g/mol. The van der Waals surface area contributed by atoms with E-state index in [2.05, 4.69) is 4.40 Å². The molecule has 0 aliphatic heterocycles. The summed E-state index contributed by atoms with van der Waals surface area (Å²) in [6.07, 6.45) is 0. The molecule has 0 aliphatic rings. The molecular formula is C12H15ClFNOS. The maximum Gasteiger partial charge on any atom is 0.144 e. The zero-order chi connectivity index (χ0) is 13.2. The van der Waals surface area contributed by atoms with Crippen LogP contribution in [0.1, 0.15) is 33.3 Å². The summed E-state index contributed by atoms with van der Waals surface area (Å²) in [5.41, 5.74) is 0.736. The van der Waals surface area contributed by atoms with Gasteiger partial charge in [-0.15, -0.1) is 0 Å². The molecule has 0 saturated heterocycles. The molecule has 1 aromatic carbocycles. The van der Waals surface area contributed by atoms with E-state index in [1.54, 1.807) is 13.0 Å². The molecule has 17 heavy (non-hydrogen) atoms. The number of hydrogen-bond acceptors (Lipinski definition) is 2. The summed E-state index contributed by atoms with van der Waals surface area (Å²) in [5, 5.41) is 0.330. The number of hydrogen-bond donors (Lipinski definition) is 0. The lowest BCUT2D eigenvalue weighted by Crippen LogP contribution is -2.26. The largest absolute Gasteiger partial charge is 0.591 e. The quantitative estimate of drug-likeness (QED) is 0.598. The molecule has 1 aromatic rings. The highest BCUT2D eigenvalue weighted by Crippen LogP contribution is 2.20.